The number of aromatic nitrogens is 1. The summed E-state index contributed by atoms with van der Waals surface area (Å²) in [5.41, 5.74) is 1.48. The van der Waals surface area contributed by atoms with Gasteiger partial charge in [-0.05, 0) is 36.1 Å². The van der Waals surface area contributed by atoms with Gasteiger partial charge in [0.05, 0.1) is 18.7 Å². The van der Waals surface area contributed by atoms with Crippen molar-refractivity contribution in [2.75, 3.05) is 20.3 Å². The van der Waals surface area contributed by atoms with Crippen LogP contribution in [-0.2, 0) is 6.54 Å². The van der Waals surface area contributed by atoms with Crippen LogP contribution < -0.4 is 9.47 Å². The molecule has 0 aliphatic rings. The highest BCUT2D eigenvalue weighted by Gasteiger charge is 2.18. The molecule has 1 amide bonds. The molecule has 1 heterocycles. The van der Waals surface area contributed by atoms with Gasteiger partial charge in [-0.1, -0.05) is 38.4 Å². The Balaban J connectivity index is 2.16. The lowest BCUT2D eigenvalue weighted by Gasteiger charge is -2.22. The molecular weight excluding hydrogens is 352 g/mol. The molecule has 0 saturated carbocycles. The van der Waals surface area contributed by atoms with Crippen molar-refractivity contribution in [3.63, 3.8) is 0 Å². The van der Waals surface area contributed by atoms with Gasteiger partial charge in [-0.15, -0.1) is 0 Å². The summed E-state index contributed by atoms with van der Waals surface area (Å²) in [6.45, 7) is 8.02. The summed E-state index contributed by atoms with van der Waals surface area (Å²) in [5.74, 6) is 1.76. The fourth-order valence-electron chi connectivity index (χ4n) is 2.59. The first kappa shape index (κ1) is 20.2. The van der Waals surface area contributed by atoms with Gasteiger partial charge in [0, 0.05) is 19.3 Å². The summed E-state index contributed by atoms with van der Waals surface area (Å²) < 4.78 is 11.2. The van der Waals surface area contributed by atoms with Crippen molar-refractivity contribution in [3.05, 3.63) is 46.7 Å². The van der Waals surface area contributed by atoms with E-state index in [9.17, 15) is 4.79 Å². The van der Waals surface area contributed by atoms with Crippen molar-refractivity contribution in [2.24, 2.45) is 5.92 Å². The van der Waals surface area contributed by atoms with E-state index < -0.39 is 0 Å². The Hall–Kier alpha value is -2.14. The molecule has 1 aromatic carbocycles. The zero-order chi connectivity index (χ0) is 19.1. The van der Waals surface area contributed by atoms with Crippen LogP contribution in [0.25, 0.3) is 0 Å². The third-order valence-electron chi connectivity index (χ3n) is 3.83. The molecule has 2 rings (SSSR count). The number of hydrogen-bond acceptors (Lipinski definition) is 3. The topological polar surface area (TPSA) is 54.6 Å². The zero-order valence-electron chi connectivity index (χ0n) is 15.8. The van der Waals surface area contributed by atoms with E-state index in [4.69, 9.17) is 21.1 Å². The van der Waals surface area contributed by atoms with Gasteiger partial charge in [0.15, 0.2) is 11.5 Å². The number of aromatic amines is 1. The van der Waals surface area contributed by atoms with Crippen LogP contribution >= 0.6 is 11.6 Å². The smallest absolute Gasteiger partial charge is 0.270 e. The van der Waals surface area contributed by atoms with Crippen LogP contribution in [0.1, 0.15) is 43.2 Å². The highest BCUT2D eigenvalue weighted by Crippen LogP contribution is 2.29. The van der Waals surface area contributed by atoms with Gasteiger partial charge in [0.2, 0.25) is 0 Å². The predicted octanol–water partition coefficient (Wildman–Crippen LogP) is 4.76. The number of benzene rings is 1. The lowest BCUT2D eigenvalue weighted by molar-refractivity contribution is 0.0738. The van der Waals surface area contributed by atoms with Crippen LogP contribution in [-0.4, -0.2) is 36.1 Å². The fourth-order valence-corrected chi connectivity index (χ4v) is 2.75. The quantitative estimate of drug-likeness (QED) is 0.684. The minimum atomic E-state index is -0.0714. The molecule has 1 aromatic heterocycles. The average molecular weight is 379 g/mol. The van der Waals surface area contributed by atoms with Crippen LogP contribution in [0.15, 0.2) is 30.5 Å². The zero-order valence-corrected chi connectivity index (χ0v) is 16.6. The van der Waals surface area contributed by atoms with Crippen LogP contribution in [0.2, 0.25) is 5.02 Å². The average Bonchev–Trinajstić information content (AvgIpc) is 3.05. The van der Waals surface area contributed by atoms with E-state index in [-0.39, 0.29) is 5.91 Å². The maximum Gasteiger partial charge on any atom is 0.270 e. The molecule has 1 N–H and O–H groups in total. The number of ether oxygens (including phenoxy) is 2. The minimum absolute atomic E-state index is 0.0714. The molecular formula is C20H27ClN2O3. The van der Waals surface area contributed by atoms with Crippen LogP contribution in [0.3, 0.4) is 0 Å². The van der Waals surface area contributed by atoms with Crippen LogP contribution in [0, 0.1) is 5.92 Å². The molecule has 0 atom stereocenters. The largest absolute Gasteiger partial charge is 0.493 e. The molecule has 142 valence electrons. The van der Waals surface area contributed by atoms with E-state index in [0.29, 0.717) is 42.1 Å². The first-order valence-corrected chi connectivity index (χ1v) is 9.25. The molecule has 6 heteroatoms. The number of hydrogen-bond donors (Lipinski definition) is 1. The summed E-state index contributed by atoms with van der Waals surface area (Å²) >= 11 is 5.92. The number of nitrogens with zero attached hydrogens (tertiary/aromatic N) is 1. The Labute approximate surface area is 160 Å². The van der Waals surface area contributed by atoms with Crippen molar-refractivity contribution >= 4 is 17.5 Å². The number of H-pyrrole nitrogens is 1. The molecule has 0 aliphatic carbocycles. The first-order chi connectivity index (χ1) is 12.4. The minimum Gasteiger partial charge on any atom is -0.493 e. The Morgan fingerprint density at radius 3 is 2.62 bits per heavy atom. The van der Waals surface area contributed by atoms with Crippen molar-refractivity contribution < 1.29 is 14.3 Å². The number of rotatable bonds is 9. The lowest BCUT2D eigenvalue weighted by Crippen LogP contribution is -2.31. The molecule has 26 heavy (non-hydrogen) atoms. The van der Waals surface area contributed by atoms with Crippen LogP contribution in [0.5, 0.6) is 11.5 Å². The van der Waals surface area contributed by atoms with Gasteiger partial charge < -0.3 is 19.4 Å². The van der Waals surface area contributed by atoms with Gasteiger partial charge in [-0.2, -0.15) is 0 Å². The molecule has 0 fully saturated rings. The van der Waals surface area contributed by atoms with Crippen molar-refractivity contribution in [3.8, 4) is 11.5 Å². The fraction of sp³-hybridized carbons (Fsp3) is 0.450. The standard InChI is InChI=1S/C20H27ClN2O3/c1-5-8-23(20(24)17-10-16(21)11-22-17)12-15-6-7-18(19(9-15)25-4)26-13-14(2)3/h6-7,9-11,14,22H,5,8,12-13H2,1-4H3. The number of methoxy groups -OCH3 is 1. The van der Waals surface area contributed by atoms with Gasteiger partial charge in [0.1, 0.15) is 5.69 Å². The van der Waals surface area contributed by atoms with Gasteiger partial charge in [0.25, 0.3) is 5.91 Å². The second-order valence-electron chi connectivity index (χ2n) is 6.65. The summed E-state index contributed by atoms with van der Waals surface area (Å²) in [7, 11) is 1.62. The van der Waals surface area contributed by atoms with Gasteiger partial charge in [-0.3, -0.25) is 4.79 Å². The van der Waals surface area contributed by atoms with E-state index in [1.54, 1.807) is 24.3 Å². The number of amides is 1. The van der Waals surface area contributed by atoms with E-state index in [0.717, 1.165) is 17.7 Å². The third-order valence-corrected chi connectivity index (χ3v) is 4.05. The molecule has 0 unspecified atom stereocenters. The summed E-state index contributed by atoms with van der Waals surface area (Å²) in [5, 5.41) is 0.526. The lowest BCUT2D eigenvalue weighted by atomic mass is 10.1. The molecule has 0 bridgehead atoms. The Morgan fingerprint density at radius 2 is 2.04 bits per heavy atom. The summed E-state index contributed by atoms with van der Waals surface area (Å²) in [6.07, 6.45) is 2.48. The van der Waals surface area contributed by atoms with Crippen molar-refractivity contribution in [1.82, 2.24) is 9.88 Å². The first-order valence-electron chi connectivity index (χ1n) is 8.87. The van der Waals surface area contributed by atoms with E-state index in [2.05, 4.69) is 18.8 Å². The SMILES string of the molecule is CCCN(Cc1ccc(OCC(C)C)c(OC)c1)C(=O)c1cc(Cl)c[nH]1. The molecule has 5 nitrogen and oxygen atoms in total. The molecule has 2 aromatic rings. The molecule has 0 aliphatic heterocycles. The Kier molecular flexibility index (Phi) is 7.39. The maximum atomic E-state index is 12.7. The highest BCUT2D eigenvalue weighted by atomic mass is 35.5. The predicted molar refractivity (Wildman–Crippen MR) is 104 cm³/mol. The third kappa shape index (κ3) is 5.43. The highest BCUT2D eigenvalue weighted by molar-refractivity contribution is 6.30. The second-order valence-corrected chi connectivity index (χ2v) is 7.08. The molecule has 0 saturated heterocycles. The van der Waals surface area contributed by atoms with Crippen molar-refractivity contribution in [1.29, 1.82) is 0 Å². The van der Waals surface area contributed by atoms with Gasteiger partial charge >= 0.3 is 0 Å². The van der Waals surface area contributed by atoms with Crippen LogP contribution in [0.4, 0.5) is 0 Å². The number of halogens is 1. The Bertz CT molecular complexity index is 728. The van der Waals surface area contributed by atoms with Crippen molar-refractivity contribution in [2.45, 2.75) is 33.7 Å². The molecule has 0 radical (unpaired) electrons. The van der Waals surface area contributed by atoms with Gasteiger partial charge in [-0.25, -0.2) is 0 Å². The Morgan fingerprint density at radius 1 is 1.27 bits per heavy atom. The monoisotopic (exact) mass is 378 g/mol. The van der Waals surface area contributed by atoms with E-state index >= 15 is 0 Å². The molecule has 0 spiro atoms. The van der Waals surface area contributed by atoms with E-state index in [1.807, 2.05) is 25.1 Å². The van der Waals surface area contributed by atoms with E-state index in [1.165, 1.54) is 0 Å². The second kappa shape index (κ2) is 9.53. The summed E-state index contributed by atoms with van der Waals surface area (Å²) in [6, 6.07) is 7.44. The normalized spacial score (nSPS) is 10.8. The maximum absolute atomic E-state index is 12.7. The number of nitrogens with one attached hydrogen (secondary N) is 1. The number of carbonyl (C=O) groups excluding carboxylic acids is 1. The summed E-state index contributed by atoms with van der Waals surface area (Å²) in [4.78, 5) is 17.4. The number of carbonyl (C=O) groups is 1.